The summed E-state index contributed by atoms with van der Waals surface area (Å²) < 4.78 is 50.2. The molecular weight excluding hydrogens is 452 g/mol. The van der Waals surface area contributed by atoms with E-state index in [9.17, 15) is 16.8 Å². The first-order chi connectivity index (χ1) is 15.1. The summed E-state index contributed by atoms with van der Waals surface area (Å²) in [6.07, 6.45) is 12.2. The minimum Gasteiger partial charge on any atom is -0.324 e. The van der Waals surface area contributed by atoms with Crippen molar-refractivity contribution >= 4 is 48.4 Å². The fourth-order valence-electron chi connectivity index (χ4n) is 4.09. The Morgan fingerprint density at radius 1 is 0.938 bits per heavy atom. The molecule has 0 radical (unpaired) electrons. The van der Waals surface area contributed by atoms with Crippen LogP contribution in [0.5, 0.6) is 0 Å². The van der Waals surface area contributed by atoms with E-state index in [-0.39, 0.29) is 5.69 Å². The van der Waals surface area contributed by atoms with Crippen molar-refractivity contribution in [2.75, 3.05) is 21.5 Å². The van der Waals surface area contributed by atoms with Crippen molar-refractivity contribution < 1.29 is 16.8 Å². The third-order valence-electron chi connectivity index (χ3n) is 5.44. The molecule has 1 fully saturated rings. The molecule has 0 bridgehead atoms. The molecule has 0 unspecified atom stereocenters. The average Bonchev–Trinajstić information content (AvgIpc) is 2.92. The molecule has 0 saturated heterocycles. The van der Waals surface area contributed by atoms with Gasteiger partial charge in [0.05, 0.1) is 35.8 Å². The van der Waals surface area contributed by atoms with E-state index in [0.29, 0.717) is 21.4 Å². The Morgan fingerprint density at radius 3 is 2.16 bits per heavy atom. The van der Waals surface area contributed by atoms with Crippen LogP contribution in [0.25, 0.3) is 11.0 Å². The van der Waals surface area contributed by atoms with Crippen LogP contribution in [0.1, 0.15) is 44.6 Å². The van der Waals surface area contributed by atoms with E-state index in [1.807, 2.05) is 4.68 Å². The summed E-state index contributed by atoms with van der Waals surface area (Å²) in [5, 5.41) is 8.51. The lowest BCUT2D eigenvalue weighted by atomic mass is 10.1. The Hall–Kier alpha value is -2.73. The van der Waals surface area contributed by atoms with E-state index in [1.165, 1.54) is 37.8 Å². The van der Waals surface area contributed by atoms with Crippen LogP contribution in [0.15, 0.2) is 36.7 Å². The van der Waals surface area contributed by atoms with Crippen molar-refractivity contribution in [3.05, 3.63) is 36.7 Å². The minimum absolute atomic E-state index is 0.0309. The molecule has 1 aliphatic rings. The molecule has 10 nitrogen and oxygen atoms in total. The maximum atomic E-state index is 11.9. The standard InChI is InChI=1S/C20H26N6O4S2/c1-31(27,28)26(32(2,29)30)18-11-9-16(10-12-18)23-20-21-13-15-14-22-25(19(15)24-20)17-7-5-3-4-6-8-17/h9-14,17H,3-8H2,1-2H3,(H,21,23,24). The van der Waals surface area contributed by atoms with Gasteiger partial charge in [-0.1, -0.05) is 25.7 Å². The number of aromatic nitrogens is 4. The molecule has 4 rings (SSSR count). The highest BCUT2D eigenvalue weighted by Crippen LogP contribution is 2.29. The van der Waals surface area contributed by atoms with Crippen molar-refractivity contribution in [2.45, 2.75) is 44.6 Å². The van der Waals surface area contributed by atoms with Gasteiger partial charge in [0.15, 0.2) is 5.65 Å². The van der Waals surface area contributed by atoms with E-state index in [1.54, 1.807) is 24.5 Å². The van der Waals surface area contributed by atoms with Gasteiger partial charge in [-0.2, -0.15) is 13.8 Å². The molecular formula is C20H26N6O4S2. The summed E-state index contributed by atoms with van der Waals surface area (Å²) in [7, 11) is -7.99. The van der Waals surface area contributed by atoms with E-state index in [0.717, 1.165) is 36.4 Å². The maximum Gasteiger partial charge on any atom is 0.245 e. The summed E-state index contributed by atoms with van der Waals surface area (Å²) in [6, 6.07) is 6.32. The van der Waals surface area contributed by atoms with Gasteiger partial charge in [-0.25, -0.2) is 26.5 Å². The number of sulfonamides is 2. The molecule has 1 aliphatic carbocycles. The number of hydrogen-bond donors (Lipinski definition) is 1. The largest absolute Gasteiger partial charge is 0.324 e. The third-order valence-corrected chi connectivity index (χ3v) is 8.69. The second-order valence-corrected chi connectivity index (χ2v) is 12.0. The fourth-order valence-corrected chi connectivity index (χ4v) is 7.07. The zero-order valence-electron chi connectivity index (χ0n) is 18.0. The molecule has 12 heteroatoms. The SMILES string of the molecule is CS(=O)(=O)N(c1ccc(Nc2ncc3cnn(C4CCCCCC4)c3n2)cc1)S(C)(=O)=O. The summed E-state index contributed by atoms with van der Waals surface area (Å²) in [6.45, 7) is 0. The Balaban J connectivity index is 1.59. The maximum absolute atomic E-state index is 11.9. The van der Waals surface area contributed by atoms with Gasteiger partial charge in [-0.05, 0) is 37.1 Å². The molecule has 1 N–H and O–H groups in total. The van der Waals surface area contributed by atoms with Gasteiger partial charge >= 0.3 is 0 Å². The van der Waals surface area contributed by atoms with Gasteiger partial charge in [0.1, 0.15) is 0 Å². The highest BCUT2D eigenvalue weighted by Gasteiger charge is 2.27. The predicted molar refractivity (Wildman–Crippen MR) is 124 cm³/mol. The lowest BCUT2D eigenvalue weighted by molar-refractivity contribution is 0.415. The van der Waals surface area contributed by atoms with E-state index >= 15 is 0 Å². The smallest absolute Gasteiger partial charge is 0.245 e. The lowest BCUT2D eigenvalue weighted by Crippen LogP contribution is -2.35. The average molecular weight is 479 g/mol. The van der Waals surface area contributed by atoms with Crippen molar-refractivity contribution in [1.82, 2.24) is 19.7 Å². The first-order valence-electron chi connectivity index (χ1n) is 10.4. The summed E-state index contributed by atoms with van der Waals surface area (Å²) in [5.74, 6) is 0.378. The van der Waals surface area contributed by atoms with E-state index in [4.69, 9.17) is 0 Å². The normalized spacial score (nSPS) is 16.1. The third kappa shape index (κ3) is 4.85. The van der Waals surface area contributed by atoms with Crippen molar-refractivity contribution in [3.63, 3.8) is 0 Å². The number of nitrogens with one attached hydrogen (secondary N) is 1. The number of benzene rings is 1. The Labute approximate surface area is 187 Å². The van der Waals surface area contributed by atoms with Crippen LogP contribution in [0, 0.1) is 0 Å². The molecule has 0 amide bonds. The first kappa shape index (κ1) is 22.5. The first-order valence-corrected chi connectivity index (χ1v) is 14.1. The molecule has 0 aliphatic heterocycles. The van der Waals surface area contributed by atoms with Crippen molar-refractivity contribution in [3.8, 4) is 0 Å². The number of nitrogens with zero attached hydrogens (tertiary/aromatic N) is 5. The Morgan fingerprint density at radius 2 is 1.56 bits per heavy atom. The minimum atomic E-state index is -3.99. The van der Waals surface area contributed by atoms with Crippen LogP contribution >= 0.6 is 0 Å². The zero-order chi connectivity index (χ0) is 22.9. The van der Waals surface area contributed by atoms with Gasteiger partial charge in [0.25, 0.3) is 0 Å². The predicted octanol–water partition coefficient (Wildman–Crippen LogP) is 3.19. The molecule has 32 heavy (non-hydrogen) atoms. The molecule has 0 atom stereocenters. The van der Waals surface area contributed by atoms with E-state index < -0.39 is 20.0 Å². The van der Waals surface area contributed by atoms with Gasteiger partial charge in [0, 0.05) is 11.9 Å². The Kier molecular flexibility index (Phi) is 6.08. The zero-order valence-corrected chi connectivity index (χ0v) is 19.6. The van der Waals surface area contributed by atoms with Gasteiger partial charge in [-0.15, -0.1) is 0 Å². The number of rotatable bonds is 6. The van der Waals surface area contributed by atoms with E-state index in [2.05, 4.69) is 20.4 Å². The molecule has 3 aromatic rings. The van der Waals surface area contributed by atoms with Crippen LogP contribution in [0.3, 0.4) is 0 Å². The molecule has 1 aromatic carbocycles. The quantitative estimate of drug-likeness (QED) is 0.535. The van der Waals surface area contributed by atoms with Crippen LogP contribution in [0.2, 0.25) is 0 Å². The number of anilines is 3. The monoisotopic (exact) mass is 478 g/mol. The topological polar surface area (TPSA) is 127 Å². The van der Waals surface area contributed by atoms with Gasteiger partial charge in [-0.3, -0.25) is 0 Å². The molecule has 2 heterocycles. The molecule has 1 saturated carbocycles. The second-order valence-electron chi connectivity index (χ2n) is 8.10. The summed E-state index contributed by atoms with van der Waals surface area (Å²) in [5.41, 5.74) is 1.39. The lowest BCUT2D eigenvalue weighted by Gasteiger charge is -2.20. The number of hydrogen-bond acceptors (Lipinski definition) is 8. The second kappa shape index (κ2) is 8.66. The van der Waals surface area contributed by atoms with Crippen molar-refractivity contribution in [1.29, 1.82) is 0 Å². The molecule has 2 aromatic heterocycles. The highest BCUT2D eigenvalue weighted by molar-refractivity contribution is 8.09. The fraction of sp³-hybridized carbons (Fsp3) is 0.450. The van der Waals surface area contributed by atoms with Crippen molar-refractivity contribution in [2.24, 2.45) is 0 Å². The summed E-state index contributed by atoms with van der Waals surface area (Å²) >= 11 is 0. The Bertz CT molecular complexity index is 1280. The van der Waals surface area contributed by atoms with Crippen LogP contribution < -0.4 is 9.03 Å². The van der Waals surface area contributed by atoms with Gasteiger partial charge in [0.2, 0.25) is 26.0 Å². The summed E-state index contributed by atoms with van der Waals surface area (Å²) in [4.78, 5) is 8.99. The van der Waals surface area contributed by atoms with Crippen LogP contribution in [0.4, 0.5) is 17.3 Å². The molecule has 172 valence electrons. The van der Waals surface area contributed by atoms with Crippen LogP contribution in [-0.2, 0) is 20.0 Å². The van der Waals surface area contributed by atoms with Gasteiger partial charge < -0.3 is 5.32 Å². The van der Waals surface area contributed by atoms with Crippen LogP contribution in [-0.4, -0.2) is 49.1 Å². The number of fused-ring (bicyclic) bond motifs is 1. The molecule has 0 spiro atoms. The highest BCUT2D eigenvalue weighted by atomic mass is 32.3.